The average Bonchev–Trinajstić information content (AvgIpc) is 3.37. The summed E-state index contributed by atoms with van der Waals surface area (Å²) >= 11 is 0. The van der Waals surface area contributed by atoms with Crippen LogP contribution in [0.2, 0.25) is 0 Å². The van der Waals surface area contributed by atoms with Gasteiger partial charge in [-0.25, -0.2) is 0 Å². The number of hydrogen-bond donors (Lipinski definition) is 1. The molecule has 1 atom stereocenters. The maximum absolute atomic E-state index is 12.6. The van der Waals surface area contributed by atoms with Crippen LogP contribution >= 0.6 is 0 Å². The van der Waals surface area contributed by atoms with Gasteiger partial charge in [0, 0.05) is 13.1 Å². The lowest BCUT2D eigenvalue weighted by molar-refractivity contribution is -0.123. The fraction of sp³-hybridized carbons (Fsp3) is 0.632. The molecule has 126 valence electrons. The van der Waals surface area contributed by atoms with E-state index in [4.69, 9.17) is 4.74 Å². The fourth-order valence-electron chi connectivity index (χ4n) is 3.75. The molecule has 1 heterocycles. The Morgan fingerprint density at radius 1 is 1.35 bits per heavy atom. The fourth-order valence-corrected chi connectivity index (χ4v) is 3.75. The first kappa shape index (κ1) is 16.3. The Hall–Kier alpha value is -1.55. The summed E-state index contributed by atoms with van der Waals surface area (Å²) in [5, 5.41) is 3.19. The van der Waals surface area contributed by atoms with Crippen LogP contribution in [0.4, 0.5) is 0 Å². The normalized spacial score (nSPS) is 23.3. The Bertz CT molecular complexity index is 537. The second-order valence-corrected chi connectivity index (χ2v) is 7.13. The maximum atomic E-state index is 12.6. The van der Waals surface area contributed by atoms with E-state index >= 15 is 0 Å². The molecule has 1 saturated heterocycles. The number of rotatable bonds is 6. The van der Waals surface area contributed by atoms with E-state index in [1.165, 1.54) is 25.9 Å². The number of methoxy groups -OCH3 is 1. The van der Waals surface area contributed by atoms with Crippen LogP contribution in [-0.4, -0.2) is 44.6 Å². The SMILES string of the molecule is COc1ccc(C2(C(=O)NCC[C@H]3CCCN(C)C3)CC2)cc1. The van der Waals surface area contributed by atoms with Crippen molar-refractivity contribution < 1.29 is 9.53 Å². The van der Waals surface area contributed by atoms with E-state index in [1.54, 1.807) is 7.11 Å². The summed E-state index contributed by atoms with van der Waals surface area (Å²) in [6.45, 7) is 3.18. The minimum atomic E-state index is -0.282. The van der Waals surface area contributed by atoms with Crippen molar-refractivity contribution in [3.8, 4) is 5.75 Å². The summed E-state index contributed by atoms with van der Waals surface area (Å²) in [4.78, 5) is 15.0. The Kier molecular flexibility index (Phi) is 4.90. The molecule has 2 fully saturated rings. The number of benzene rings is 1. The second-order valence-electron chi connectivity index (χ2n) is 7.13. The molecule has 1 saturated carbocycles. The van der Waals surface area contributed by atoms with Crippen molar-refractivity contribution in [3.05, 3.63) is 29.8 Å². The smallest absolute Gasteiger partial charge is 0.230 e. The predicted molar refractivity (Wildman–Crippen MR) is 91.8 cm³/mol. The molecular weight excluding hydrogens is 288 g/mol. The molecule has 2 aliphatic rings. The van der Waals surface area contributed by atoms with Crippen LogP contribution in [0.25, 0.3) is 0 Å². The van der Waals surface area contributed by atoms with Crippen LogP contribution < -0.4 is 10.1 Å². The Labute approximate surface area is 139 Å². The highest BCUT2D eigenvalue weighted by Crippen LogP contribution is 2.48. The molecule has 0 radical (unpaired) electrons. The van der Waals surface area contributed by atoms with Crippen LogP contribution in [-0.2, 0) is 10.2 Å². The zero-order chi connectivity index (χ0) is 16.3. The van der Waals surface area contributed by atoms with Crippen molar-refractivity contribution in [2.24, 2.45) is 5.92 Å². The van der Waals surface area contributed by atoms with E-state index in [9.17, 15) is 4.79 Å². The van der Waals surface area contributed by atoms with Crippen molar-refractivity contribution in [2.45, 2.75) is 37.5 Å². The predicted octanol–water partition coefficient (Wildman–Crippen LogP) is 2.57. The molecule has 1 aromatic carbocycles. The summed E-state index contributed by atoms with van der Waals surface area (Å²) in [5.74, 6) is 1.77. The van der Waals surface area contributed by atoms with Gasteiger partial charge in [-0.3, -0.25) is 4.79 Å². The summed E-state index contributed by atoms with van der Waals surface area (Å²) in [6.07, 6.45) is 5.58. The number of amides is 1. The molecule has 23 heavy (non-hydrogen) atoms. The number of nitrogens with zero attached hydrogens (tertiary/aromatic N) is 1. The van der Waals surface area contributed by atoms with Gasteiger partial charge in [-0.15, -0.1) is 0 Å². The van der Waals surface area contributed by atoms with Gasteiger partial charge in [0.25, 0.3) is 0 Å². The lowest BCUT2D eigenvalue weighted by atomic mass is 9.93. The molecule has 4 heteroatoms. The highest BCUT2D eigenvalue weighted by atomic mass is 16.5. The highest BCUT2D eigenvalue weighted by Gasteiger charge is 2.51. The Balaban J connectivity index is 1.51. The van der Waals surface area contributed by atoms with Crippen molar-refractivity contribution in [1.29, 1.82) is 0 Å². The van der Waals surface area contributed by atoms with E-state index in [1.807, 2.05) is 24.3 Å². The molecule has 0 aromatic heterocycles. The second kappa shape index (κ2) is 6.91. The van der Waals surface area contributed by atoms with Crippen molar-refractivity contribution in [2.75, 3.05) is 33.8 Å². The number of hydrogen-bond acceptors (Lipinski definition) is 3. The van der Waals surface area contributed by atoms with E-state index in [2.05, 4.69) is 17.3 Å². The largest absolute Gasteiger partial charge is 0.497 e. The molecule has 1 N–H and O–H groups in total. The molecule has 1 amide bonds. The summed E-state index contributed by atoms with van der Waals surface area (Å²) < 4.78 is 5.20. The summed E-state index contributed by atoms with van der Waals surface area (Å²) in [7, 11) is 3.85. The van der Waals surface area contributed by atoms with Gasteiger partial charge in [-0.05, 0) is 69.3 Å². The monoisotopic (exact) mass is 316 g/mol. The molecule has 1 aliphatic carbocycles. The van der Waals surface area contributed by atoms with Crippen LogP contribution in [0, 0.1) is 5.92 Å². The number of carbonyl (C=O) groups is 1. The number of piperidine rings is 1. The average molecular weight is 316 g/mol. The highest BCUT2D eigenvalue weighted by molar-refractivity contribution is 5.91. The van der Waals surface area contributed by atoms with Crippen molar-refractivity contribution in [1.82, 2.24) is 10.2 Å². The van der Waals surface area contributed by atoms with E-state index in [-0.39, 0.29) is 11.3 Å². The minimum absolute atomic E-state index is 0.201. The van der Waals surface area contributed by atoms with Crippen LogP contribution in [0.15, 0.2) is 24.3 Å². The van der Waals surface area contributed by atoms with Gasteiger partial charge < -0.3 is 15.0 Å². The molecule has 0 spiro atoms. The van der Waals surface area contributed by atoms with Gasteiger partial charge in [0.1, 0.15) is 5.75 Å². The van der Waals surface area contributed by atoms with E-state index < -0.39 is 0 Å². The third-order valence-electron chi connectivity index (χ3n) is 5.39. The number of nitrogens with one attached hydrogen (secondary N) is 1. The lowest BCUT2D eigenvalue weighted by Gasteiger charge is -2.29. The Morgan fingerprint density at radius 3 is 2.70 bits per heavy atom. The molecule has 1 aliphatic heterocycles. The van der Waals surface area contributed by atoms with Gasteiger partial charge in [-0.2, -0.15) is 0 Å². The number of ether oxygens (including phenoxy) is 1. The van der Waals surface area contributed by atoms with Crippen LogP contribution in [0.5, 0.6) is 5.75 Å². The lowest BCUT2D eigenvalue weighted by Crippen LogP contribution is -2.38. The quantitative estimate of drug-likeness (QED) is 0.877. The first-order valence-corrected chi connectivity index (χ1v) is 8.75. The van der Waals surface area contributed by atoms with E-state index in [0.717, 1.165) is 43.0 Å². The third kappa shape index (κ3) is 3.69. The van der Waals surface area contributed by atoms with Crippen molar-refractivity contribution in [3.63, 3.8) is 0 Å². The first-order chi connectivity index (χ1) is 11.1. The Morgan fingerprint density at radius 2 is 2.09 bits per heavy atom. The van der Waals surface area contributed by atoms with Gasteiger partial charge in [0.05, 0.1) is 12.5 Å². The maximum Gasteiger partial charge on any atom is 0.230 e. The zero-order valence-electron chi connectivity index (χ0n) is 14.3. The standard InChI is InChI=1S/C19H28N2O2/c1-21-13-3-4-15(14-21)9-12-20-18(22)19(10-11-19)16-5-7-17(23-2)8-6-16/h5-8,15H,3-4,9-14H2,1-2H3,(H,20,22)/t15-/m1/s1. The molecule has 1 aromatic rings. The van der Waals surface area contributed by atoms with Crippen molar-refractivity contribution >= 4 is 5.91 Å². The number of carbonyl (C=O) groups excluding carboxylic acids is 1. The van der Waals surface area contributed by atoms with Gasteiger partial charge >= 0.3 is 0 Å². The molecule has 3 rings (SSSR count). The first-order valence-electron chi connectivity index (χ1n) is 8.75. The number of likely N-dealkylation sites (tertiary alicyclic amines) is 1. The van der Waals surface area contributed by atoms with Crippen LogP contribution in [0.1, 0.15) is 37.7 Å². The van der Waals surface area contributed by atoms with E-state index in [0.29, 0.717) is 0 Å². The molecule has 0 bridgehead atoms. The topological polar surface area (TPSA) is 41.6 Å². The van der Waals surface area contributed by atoms with Gasteiger partial charge in [0.15, 0.2) is 0 Å². The summed E-state index contributed by atoms with van der Waals surface area (Å²) in [6, 6.07) is 7.95. The third-order valence-corrected chi connectivity index (χ3v) is 5.39. The molecule has 4 nitrogen and oxygen atoms in total. The zero-order valence-corrected chi connectivity index (χ0v) is 14.3. The van der Waals surface area contributed by atoms with Gasteiger partial charge in [-0.1, -0.05) is 12.1 Å². The van der Waals surface area contributed by atoms with Crippen LogP contribution in [0.3, 0.4) is 0 Å². The summed E-state index contributed by atoms with van der Waals surface area (Å²) in [5.41, 5.74) is 0.837. The molecule has 0 unspecified atom stereocenters. The minimum Gasteiger partial charge on any atom is -0.497 e. The van der Waals surface area contributed by atoms with Gasteiger partial charge in [0.2, 0.25) is 5.91 Å². The molecular formula is C19H28N2O2.